The number of hydrogen-bond acceptors (Lipinski definition) is 3. The van der Waals surface area contributed by atoms with Crippen molar-refractivity contribution in [2.45, 2.75) is 72.3 Å². The summed E-state index contributed by atoms with van der Waals surface area (Å²) >= 11 is 0. The van der Waals surface area contributed by atoms with Gasteiger partial charge in [0, 0.05) is 25.1 Å². The first-order valence-corrected chi connectivity index (χ1v) is 14.0. The summed E-state index contributed by atoms with van der Waals surface area (Å²) in [6.07, 6.45) is 4.90. The summed E-state index contributed by atoms with van der Waals surface area (Å²) in [6, 6.07) is 22.6. The van der Waals surface area contributed by atoms with Crippen molar-refractivity contribution in [2.75, 3.05) is 13.2 Å². The van der Waals surface area contributed by atoms with Gasteiger partial charge in [0.25, 0.3) is 5.91 Å². The van der Waals surface area contributed by atoms with Crippen molar-refractivity contribution in [3.05, 3.63) is 94.8 Å². The summed E-state index contributed by atoms with van der Waals surface area (Å²) in [6.45, 7) is 10.7. The van der Waals surface area contributed by atoms with Crippen LogP contribution in [0.1, 0.15) is 78.3 Å². The molecule has 0 spiro atoms. The molecule has 1 N–H and O–H groups in total. The second kappa shape index (κ2) is 13.3. The average Bonchev–Trinajstić information content (AvgIpc) is 3.25. The molecule has 1 heterocycles. The Balaban J connectivity index is 1.28. The normalized spacial score (nSPS) is 11.3. The molecular weight excluding hydrogens is 470 g/mol. The number of carbonyl (C=O) groups excluding carboxylic acids is 1. The topological polar surface area (TPSA) is 56.1 Å². The lowest BCUT2D eigenvalue weighted by atomic mass is 10.0. The fraction of sp³-hybridized carbons (Fsp3) is 0.394. The summed E-state index contributed by atoms with van der Waals surface area (Å²) in [5.41, 5.74) is 6.49. The highest BCUT2D eigenvalue weighted by Gasteiger charge is 2.12. The minimum absolute atomic E-state index is 0.0123. The van der Waals surface area contributed by atoms with Crippen LogP contribution in [-0.4, -0.2) is 28.6 Å². The standard InChI is InChI=1S/C33H41N3O2/c1-24(2)27-19-18-25(3)23-31(27)38-22-12-21-36-30-16-10-9-15-29(30)35-32(36)17-6-5-11-20-34-33(37)28-14-8-7-13-26(28)4/h7-10,13-16,18-19,23-24H,5-6,11-12,17,20-22H2,1-4H3,(H,34,37). The number of aromatic nitrogens is 2. The number of para-hydroxylation sites is 2. The molecule has 1 aromatic heterocycles. The SMILES string of the molecule is Cc1ccc(C(C)C)c(OCCCn2c(CCCCCNC(=O)c3ccccc3C)nc3ccccc32)c1. The molecular formula is C33H41N3O2. The van der Waals surface area contributed by atoms with E-state index in [0.29, 0.717) is 19.1 Å². The van der Waals surface area contributed by atoms with E-state index >= 15 is 0 Å². The minimum Gasteiger partial charge on any atom is -0.493 e. The monoisotopic (exact) mass is 511 g/mol. The number of benzene rings is 3. The Morgan fingerprint density at radius 3 is 2.55 bits per heavy atom. The molecule has 0 aliphatic rings. The van der Waals surface area contributed by atoms with E-state index in [9.17, 15) is 4.79 Å². The quantitative estimate of drug-likeness (QED) is 0.190. The van der Waals surface area contributed by atoms with E-state index in [0.717, 1.165) is 66.9 Å². The van der Waals surface area contributed by atoms with Gasteiger partial charge in [-0.1, -0.05) is 62.7 Å². The Kier molecular flexibility index (Phi) is 9.58. The predicted octanol–water partition coefficient (Wildman–Crippen LogP) is 7.39. The average molecular weight is 512 g/mol. The van der Waals surface area contributed by atoms with Crippen molar-refractivity contribution in [3.63, 3.8) is 0 Å². The maximum atomic E-state index is 12.4. The van der Waals surface area contributed by atoms with E-state index in [4.69, 9.17) is 9.72 Å². The smallest absolute Gasteiger partial charge is 0.251 e. The van der Waals surface area contributed by atoms with Gasteiger partial charge in [-0.25, -0.2) is 4.98 Å². The Labute approximate surface area is 227 Å². The Morgan fingerprint density at radius 1 is 0.947 bits per heavy atom. The van der Waals surface area contributed by atoms with Gasteiger partial charge in [0.15, 0.2) is 0 Å². The second-order valence-corrected chi connectivity index (χ2v) is 10.4. The van der Waals surface area contributed by atoms with Crippen LogP contribution in [0.25, 0.3) is 11.0 Å². The van der Waals surface area contributed by atoms with E-state index in [1.54, 1.807) is 0 Å². The summed E-state index contributed by atoms with van der Waals surface area (Å²) in [5.74, 6) is 2.59. The Hall–Kier alpha value is -3.60. The van der Waals surface area contributed by atoms with Gasteiger partial charge in [0.05, 0.1) is 17.6 Å². The molecule has 4 rings (SSSR count). The zero-order chi connectivity index (χ0) is 26.9. The zero-order valence-corrected chi connectivity index (χ0v) is 23.3. The fourth-order valence-electron chi connectivity index (χ4n) is 4.92. The number of carbonyl (C=O) groups is 1. The molecule has 3 aromatic carbocycles. The van der Waals surface area contributed by atoms with E-state index in [1.165, 1.54) is 16.6 Å². The summed E-state index contributed by atoms with van der Waals surface area (Å²) in [5, 5.41) is 3.06. The van der Waals surface area contributed by atoms with E-state index < -0.39 is 0 Å². The highest BCUT2D eigenvalue weighted by molar-refractivity contribution is 5.95. The lowest BCUT2D eigenvalue weighted by molar-refractivity contribution is 0.0952. The number of ether oxygens (including phenoxy) is 1. The molecule has 0 aliphatic heterocycles. The Morgan fingerprint density at radius 2 is 1.74 bits per heavy atom. The highest BCUT2D eigenvalue weighted by atomic mass is 16.5. The molecule has 1 amide bonds. The molecule has 0 radical (unpaired) electrons. The maximum absolute atomic E-state index is 12.4. The minimum atomic E-state index is 0.0123. The van der Waals surface area contributed by atoms with Crippen LogP contribution < -0.4 is 10.1 Å². The van der Waals surface area contributed by atoms with E-state index in [-0.39, 0.29) is 5.91 Å². The molecule has 5 heteroatoms. The van der Waals surface area contributed by atoms with Crippen LogP contribution in [-0.2, 0) is 13.0 Å². The third-order valence-corrected chi connectivity index (χ3v) is 7.06. The molecule has 0 saturated carbocycles. The number of hydrogen-bond donors (Lipinski definition) is 1. The molecule has 200 valence electrons. The number of aryl methyl sites for hydroxylation is 4. The molecule has 0 unspecified atom stereocenters. The lowest BCUT2D eigenvalue weighted by Gasteiger charge is -2.15. The second-order valence-electron chi connectivity index (χ2n) is 10.4. The van der Waals surface area contributed by atoms with Crippen molar-refractivity contribution in [2.24, 2.45) is 0 Å². The number of nitrogens with zero attached hydrogens (tertiary/aromatic N) is 2. The predicted molar refractivity (Wildman–Crippen MR) is 156 cm³/mol. The summed E-state index contributed by atoms with van der Waals surface area (Å²) in [4.78, 5) is 17.4. The van der Waals surface area contributed by atoms with Gasteiger partial charge in [0.1, 0.15) is 11.6 Å². The van der Waals surface area contributed by atoms with Gasteiger partial charge in [0.2, 0.25) is 0 Å². The van der Waals surface area contributed by atoms with Crippen LogP contribution in [0, 0.1) is 13.8 Å². The van der Waals surface area contributed by atoms with Gasteiger partial charge in [-0.15, -0.1) is 0 Å². The third-order valence-electron chi connectivity index (χ3n) is 7.06. The van der Waals surface area contributed by atoms with Gasteiger partial charge >= 0.3 is 0 Å². The van der Waals surface area contributed by atoms with E-state index in [1.807, 2.05) is 31.2 Å². The first-order chi connectivity index (χ1) is 18.4. The van der Waals surface area contributed by atoms with Crippen LogP contribution in [0.2, 0.25) is 0 Å². The summed E-state index contributed by atoms with van der Waals surface area (Å²) in [7, 11) is 0. The van der Waals surface area contributed by atoms with Crippen molar-refractivity contribution < 1.29 is 9.53 Å². The first kappa shape index (κ1) is 27.4. The van der Waals surface area contributed by atoms with Gasteiger partial charge in [-0.2, -0.15) is 0 Å². The number of rotatable bonds is 13. The lowest BCUT2D eigenvalue weighted by Crippen LogP contribution is -2.25. The first-order valence-electron chi connectivity index (χ1n) is 14.0. The van der Waals surface area contributed by atoms with Crippen molar-refractivity contribution >= 4 is 16.9 Å². The van der Waals surface area contributed by atoms with Gasteiger partial charge in [-0.3, -0.25) is 4.79 Å². The van der Waals surface area contributed by atoms with Crippen LogP contribution in [0.3, 0.4) is 0 Å². The number of unbranched alkanes of at least 4 members (excludes halogenated alkanes) is 2. The zero-order valence-electron chi connectivity index (χ0n) is 23.3. The largest absolute Gasteiger partial charge is 0.493 e. The van der Waals surface area contributed by atoms with Gasteiger partial charge < -0.3 is 14.6 Å². The van der Waals surface area contributed by atoms with Crippen LogP contribution in [0.15, 0.2) is 66.7 Å². The van der Waals surface area contributed by atoms with Gasteiger partial charge in [-0.05, 0) is 80.0 Å². The molecule has 0 saturated heterocycles. The molecule has 0 aliphatic carbocycles. The summed E-state index contributed by atoms with van der Waals surface area (Å²) < 4.78 is 8.60. The number of imidazole rings is 1. The molecule has 0 atom stereocenters. The van der Waals surface area contributed by atoms with Crippen molar-refractivity contribution in [1.29, 1.82) is 0 Å². The highest BCUT2D eigenvalue weighted by Crippen LogP contribution is 2.28. The van der Waals surface area contributed by atoms with Crippen LogP contribution >= 0.6 is 0 Å². The number of amides is 1. The molecule has 5 nitrogen and oxygen atoms in total. The van der Waals surface area contributed by atoms with Crippen LogP contribution in [0.4, 0.5) is 0 Å². The van der Waals surface area contributed by atoms with Crippen molar-refractivity contribution in [3.8, 4) is 5.75 Å². The molecule has 0 bridgehead atoms. The van der Waals surface area contributed by atoms with E-state index in [2.05, 4.69) is 73.1 Å². The Bertz CT molecular complexity index is 1360. The maximum Gasteiger partial charge on any atom is 0.251 e. The third kappa shape index (κ3) is 7.03. The number of fused-ring (bicyclic) bond motifs is 1. The molecule has 4 aromatic rings. The fourth-order valence-corrected chi connectivity index (χ4v) is 4.92. The van der Waals surface area contributed by atoms with Crippen molar-refractivity contribution in [1.82, 2.24) is 14.9 Å². The van der Waals surface area contributed by atoms with Crippen LogP contribution in [0.5, 0.6) is 5.75 Å². The molecule has 38 heavy (non-hydrogen) atoms. The molecule has 0 fully saturated rings. The number of nitrogens with one attached hydrogen (secondary N) is 1.